The van der Waals surface area contributed by atoms with Gasteiger partial charge in [0.05, 0.1) is 7.11 Å². The van der Waals surface area contributed by atoms with E-state index in [9.17, 15) is 14.3 Å². The number of carboxylic acids is 1. The van der Waals surface area contributed by atoms with Crippen molar-refractivity contribution in [2.75, 3.05) is 7.11 Å². The van der Waals surface area contributed by atoms with Crippen LogP contribution in [0.1, 0.15) is 5.56 Å². The molecule has 0 aliphatic rings. The van der Waals surface area contributed by atoms with Crippen LogP contribution in [-0.2, 0) is 11.2 Å². The summed E-state index contributed by atoms with van der Waals surface area (Å²) in [5.74, 6) is -0.640. The maximum atomic E-state index is 12.9. The van der Waals surface area contributed by atoms with Crippen molar-refractivity contribution in [3.63, 3.8) is 0 Å². The number of ether oxygens (including phenoxy) is 2. The molecule has 0 radical (unpaired) electrons. The van der Waals surface area contributed by atoms with E-state index in [1.807, 2.05) is 0 Å². The number of hydrogen-bond acceptors (Lipinski definition) is 3. The van der Waals surface area contributed by atoms with Crippen LogP contribution in [0.15, 0.2) is 48.5 Å². The molecule has 0 amide bonds. The van der Waals surface area contributed by atoms with Crippen LogP contribution in [0.5, 0.6) is 11.5 Å². The van der Waals surface area contributed by atoms with Gasteiger partial charge in [-0.15, -0.1) is 0 Å². The van der Waals surface area contributed by atoms with Crippen LogP contribution in [-0.4, -0.2) is 24.3 Å². The first-order chi connectivity index (χ1) is 10.1. The highest BCUT2D eigenvalue weighted by molar-refractivity contribution is 5.73. The number of rotatable bonds is 6. The van der Waals surface area contributed by atoms with Gasteiger partial charge in [-0.25, -0.2) is 9.18 Å². The molecule has 0 fully saturated rings. The number of aliphatic carboxylic acids is 1. The molecular weight excluding hydrogens is 275 g/mol. The highest BCUT2D eigenvalue weighted by atomic mass is 19.1. The van der Waals surface area contributed by atoms with Crippen LogP contribution in [0.3, 0.4) is 0 Å². The smallest absolute Gasteiger partial charge is 0.345 e. The van der Waals surface area contributed by atoms with E-state index >= 15 is 0 Å². The molecule has 2 aromatic rings. The fourth-order valence-electron chi connectivity index (χ4n) is 1.88. The Bertz CT molecular complexity index is 610. The number of carboxylic acid groups (broad SMARTS) is 1. The van der Waals surface area contributed by atoms with E-state index < -0.39 is 12.1 Å². The maximum Gasteiger partial charge on any atom is 0.345 e. The van der Waals surface area contributed by atoms with Gasteiger partial charge in [-0.05, 0) is 29.8 Å². The van der Waals surface area contributed by atoms with E-state index in [0.717, 1.165) is 0 Å². The molecule has 0 unspecified atom stereocenters. The lowest BCUT2D eigenvalue weighted by atomic mass is 10.1. The molecule has 0 bridgehead atoms. The van der Waals surface area contributed by atoms with Crippen molar-refractivity contribution in [2.24, 2.45) is 0 Å². The van der Waals surface area contributed by atoms with Gasteiger partial charge >= 0.3 is 5.97 Å². The van der Waals surface area contributed by atoms with Crippen molar-refractivity contribution in [2.45, 2.75) is 12.5 Å². The van der Waals surface area contributed by atoms with E-state index in [0.29, 0.717) is 17.1 Å². The van der Waals surface area contributed by atoms with Gasteiger partial charge in [0.2, 0.25) is 0 Å². The Labute approximate surface area is 121 Å². The molecule has 2 rings (SSSR count). The summed E-state index contributed by atoms with van der Waals surface area (Å²) < 4.78 is 23.5. The Hall–Kier alpha value is -2.56. The molecule has 1 atom stereocenters. The molecule has 0 aliphatic carbocycles. The van der Waals surface area contributed by atoms with Gasteiger partial charge in [0.1, 0.15) is 5.82 Å². The van der Waals surface area contributed by atoms with Gasteiger partial charge < -0.3 is 14.6 Å². The van der Waals surface area contributed by atoms with Crippen molar-refractivity contribution in [1.82, 2.24) is 0 Å². The molecule has 0 heterocycles. The third-order valence-corrected chi connectivity index (χ3v) is 2.95. The average Bonchev–Trinajstić information content (AvgIpc) is 2.49. The fourth-order valence-corrected chi connectivity index (χ4v) is 1.88. The third kappa shape index (κ3) is 3.95. The molecule has 0 saturated carbocycles. The van der Waals surface area contributed by atoms with Crippen LogP contribution < -0.4 is 9.47 Å². The summed E-state index contributed by atoms with van der Waals surface area (Å²) in [5, 5.41) is 9.27. The van der Waals surface area contributed by atoms with Crippen LogP contribution >= 0.6 is 0 Å². The Morgan fingerprint density at radius 1 is 1.14 bits per heavy atom. The summed E-state index contributed by atoms with van der Waals surface area (Å²) in [7, 11) is 1.48. The van der Waals surface area contributed by atoms with Crippen molar-refractivity contribution in [1.29, 1.82) is 0 Å². The average molecular weight is 290 g/mol. The molecular formula is C16H15FO4. The minimum atomic E-state index is -1.09. The Morgan fingerprint density at radius 2 is 1.76 bits per heavy atom. The Kier molecular flexibility index (Phi) is 4.77. The van der Waals surface area contributed by atoms with E-state index in [1.54, 1.807) is 24.3 Å². The molecule has 0 aromatic heterocycles. The number of benzene rings is 2. The number of para-hydroxylation sites is 2. The minimum Gasteiger partial charge on any atom is -0.493 e. The topological polar surface area (TPSA) is 55.8 Å². The van der Waals surface area contributed by atoms with Crippen LogP contribution in [0.25, 0.3) is 0 Å². The SMILES string of the molecule is COc1ccccc1O[C@@H](Cc1ccc(F)cc1)C(=O)O. The van der Waals surface area contributed by atoms with Crippen LogP contribution in [0.2, 0.25) is 0 Å². The summed E-state index contributed by atoms with van der Waals surface area (Å²) in [4.78, 5) is 11.3. The molecule has 5 heteroatoms. The van der Waals surface area contributed by atoms with Gasteiger partial charge in [0.25, 0.3) is 0 Å². The lowest BCUT2D eigenvalue weighted by Gasteiger charge is -2.17. The number of hydrogen-bond donors (Lipinski definition) is 1. The first-order valence-electron chi connectivity index (χ1n) is 6.37. The monoisotopic (exact) mass is 290 g/mol. The predicted octanol–water partition coefficient (Wildman–Crippen LogP) is 2.91. The second kappa shape index (κ2) is 6.74. The van der Waals surface area contributed by atoms with Crippen molar-refractivity contribution in [3.8, 4) is 11.5 Å². The van der Waals surface area contributed by atoms with Gasteiger partial charge in [0, 0.05) is 6.42 Å². The largest absolute Gasteiger partial charge is 0.493 e. The number of methoxy groups -OCH3 is 1. The molecule has 21 heavy (non-hydrogen) atoms. The normalized spacial score (nSPS) is 11.7. The van der Waals surface area contributed by atoms with E-state index in [4.69, 9.17) is 9.47 Å². The predicted molar refractivity (Wildman–Crippen MR) is 75.1 cm³/mol. The molecule has 110 valence electrons. The second-order valence-corrected chi connectivity index (χ2v) is 4.43. The first-order valence-corrected chi connectivity index (χ1v) is 6.37. The van der Waals surface area contributed by atoms with E-state index in [-0.39, 0.29) is 12.2 Å². The van der Waals surface area contributed by atoms with E-state index in [1.165, 1.54) is 31.4 Å². The van der Waals surface area contributed by atoms with Crippen molar-refractivity contribution >= 4 is 5.97 Å². The highest BCUT2D eigenvalue weighted by Gasteiger charge is 2.21. The molecule has 0 saturated heterocycles. The van der Waals surface area contributed by atoms with Gasteiger partial charge in [-0.2, -0.15) is 0 Å². The second-order valence-electron chi connectivity index (χ2n) is 4.43. The maximum absolute atomic E-state index is 12.9. The summed E-state index contributed by atoms with van der Waals surface area (Å²) in [6.07, 6.45) is -0.944. The van der Waals surface area contributed by atoms with Gasteiger partial charge in [-0.3, -0.25) is 0 Å². The summed E-state index contributed by atoms with van der Waals surface area (Å²) >= 11 is 0. The Balaban J connectivity index is 2.16. The fraction of sp³-hybridized carbons (Fsp3) is 0.188. The highest BCUT2D eigenvalue weighted by Crippen LogP contribution is 2.27. The lowest BCUT2D eigenvalue weighted by molar-refractivity contribution is -0.145. The van der Waals surface area contributed by atoms with Crippen molar-refractivity contribution in [3.05, 3.63) is 59.9 Å². The summed E-state index contributed by atoms with van der Waals surface area (Å²) in [6.45, 7) is 0. The third-order valence-electron chi connectivity index (χ3n) is 2.95. The zero-order chi connectivity index (χ0) is 15.2. The van der Waals surface area contributed by atoms with Gasteiger partial charge in [0.15, 0.2) is 17.6 Å². The minimum absolute atomic E-state index is 0.133. The van der Waals surface area contributed by atoms with Crippen molar-refractivity contribution < 1.29 is 23.8 Å². The lowest BCUT2D eigenvalue weighted by Crippen LogP contribution is -2.29. The molecule has 1 N–H and O–H groups in total. The summed E-state index contributed by atoms with van der Waals surface area (Å²) in [5.41, 5.74) is 0.679. The molecule has 0 aliphatic heterocycles. The summed E-state index contributed by atoms with van der Waals surface area (Å²) in [6, 6.07) is 12.5. The first kappa shape index (κ1) is 14.8. The van der Waals surface area contributed by atoms with Crippen LogP contribution in [0.4, 0.5) is 4.39 Å². The molecule has 4 nitrogen and oxygen atoms in total. The molecule has 2 aromatic carbocycles. The number of carbonyl (C=O) groups is 1. The van der Waals surface area contributed by atoms with Gasteiger partial charge in [-0.1, -0.05) is 24.3 Å². The van der Waals surface area contributed by atoms with Crippen LogP contribution in [0, 0.1) is 5.82 Å². The Morgan fingerprint density at radius 3 is 2.33 bits per heavy atom. The van der Waals surface area contributed by atoms with E-state index in [2.05, 4.69) is 0 Å². The quantitative estimate of drug-likeness (QED) is 0.888. The number of halogens is 1. The molecule has 0 spiro atoms. The standard InChI is InChI=1S/C16H15FO4/c1-20-13-4-2-3-5-14(13)21-15(16(18)19)10-11-6-8-12(17)9-7-11/h2-9,15H,10H2,1H3,(H,18,19)/t15-/m0/s1. The zero-order valence-electron chi connectivity index (χ0n) is 11.5. The zero-order valence-corrected chi connectivity index (χ0v) is 11.5.